The van der Waals surface area contributed by atoms with E-state index in [1.807, 2.05) is 13.8 Å². The minimum Gasteiger partial charge on any atom is -0.494 e. The van der Waals surface area contributed by atoms with Gasteiger partial charge in [-0.25, -0.2) is 8.42 Å². The monoisotopic (exact) mass is 387 g/mol. The van der Waals surface area contributed by atoms with Crippen LogP contribution in [0.5, 0.6) is 5.75 Å². The van der Waals surface area contributed by atoms with Crippen molar-refractivity contribution in [3.05, 3.63) is 54.1 Å². The lowest BCUT2D eigenvalue weighted by Gasteiger charge is -2.21. The van der Waals surface area contributed by atoms with E-state index in [1.54, 1.807) is 55.6 Å². The molecular weight excluding hydrogens is 362 g/mol. The van der Waals surface area contributed by atoms with Crippen LogP contribution in [0.4, 0.5) is 5.69 Å². The summed E-state index contributed by atoms with van der Waals surface area (Å²) < 4.78 is 31.8. The summed E-state index contributed by atoms with van der Waals surface area (Å²) in [6, 6.07) is 15.7. The van der Waals surface area contributed by atoms with Crippen molar-refractivity contribution in [1.82, 2.24) is 4.31 Å². The van der Waals surface area contributed by atoms with Gasteiger partial charge in [0.05, 0.1) is 23.1 Å². The van der Waals surface area contributed by atoms with Crippen LogP contribution in [-0.4, -0.2) is 39.0 Å². The molecule has 7 heteroatoms. The number of benzene rings is 2. The number of hydrogen-bond acceptors (Lipinski definition) is 5. The van der Waals surface area contributed by atoms with E-state index in [-0.39, 0.29) is 10.9 Å². The van der Waals surface area contributed by atoms with Crippen LogP contribution in [0.3, 0.4) is 0 Å². The van der Waals surface area contributed by atoms with Gasteiger partial charge in [-0.05, 0) is 68.8 Å². The second-order valence-corrected chi connectivity index (χ2v) is 8.40. The topological polar surface area (TPSA) is 82.4 Å². The predicted molar refractivity (Wildman–Crippen MR) is 106 cm³/mol. The fraction of sp³-hybridized carbons (Fsp3) is 0.350. The third-order valence-electron chi connectivity index (χ3n) is 4.16. The number of nitrogens with one attached hydrogen (secondary N) is 1. The molecule has 0 atom stereocenters. The van der Waals surface area contributed by atoms with Gasteiger partial charge in [0.15, 0.2) is 0 Å². The molecule has 1 N–H and O–H groups in total. The maximum Gasteiger partial charge on any atom is 0.243 e. The van der Waals surface area contributed by atoms with E-state index in [9.17, 15) is 8.42 Å². The van der Waals surface area contributed by atoms with E-state index in [0.29, 0.717) is 18.7 Å². The van der Waals surface area contributed by atoms with E-state index < -0.39 is 10.0 Å². The lowest BCUT2D eigenvalue weighted by atomic mass is 10.2. The Kier molecular flexibility index (Phi) is 7.22. The maximum atomic E-state index is 12.4. The summed E-state index contributed by atoms with van der Waals surface area (Å²) in [6.07, 6.45) is 0.788. The van der Waals surface area contributed by atoms with E-state index in [2.05, 4.69) is 11.4 Å². The van der Waals surface area contributed by atoms with Crippen LogP contribution in [0.25, 0.3) is 0 Å². The van der Waals surface area contributed by atoms with Crippen molar-refractivity contribution in [1.29, 1.82) is 5.26 Å². The first kappa shape index (κ1) is 20.7. The van der Waals surface area contributed by atoms with Gasteiger partial charge in [-0.3, -0.25) is 0 Å². The molecule has 0 radical (unpaired) electrons. The van der Waals surface area contributed by atoms with Crippen LogP contribution in [0.2, 0.25) is 0 Å². The Bertz CT molecular complexity index is 870. The largest absolute Gasteiger partial charge is 0.494 e. The zero-order valence-electron chi connectivity index (χ0n) is 15.8. The normalized spacial score (nSPS) is 11.4. The van der Waals surface area contributed by atoms with Crippen LogP contribution >= 0.6 is 0 Å². The molecule has 0 aliphatic rings. The standard InChI is InChI=1S/C20H25N3O3S/c1-16(2)23(3)27(24,25)20-11-7-18(8-12-20)22-13-4-14-26-19-9-5-17(15-21)6-10-19/h5-12,16,22H,4,13-14H2,1-3H3. The van der Waals surface area contributed by atoms with Crippen LogP contribution in [0.1, 0.15) is 25.8 Å². The highest BCUT2D eigenvalue weighted by molar-refractivity contribution is 7.89. The van der Waals surface area contributed by atoms with Gasteiger partial charge in [-0.15, -0.1) is 0 Å². The SMILES string of the molecule is CC(C)N(C)S(=O)(=O)c1ccc(NCCCOc2ccc(C#N)cc2)cc1. The molecule has 0 spiro atoms. The number of nitrogens with zero attached hydrogens (tertiary/aromatic N) is 2. The Labute approximate surface area is 161 Å². The number of rotatable bonds is 9. The Morgan fingerprint density at radius 3 is 2.30 bits per heavy atom. The molecule has 0 fully saturated rings. The molecule has 6 nitrogen and oxygen atoms in total. The summed E-state index contributed by atoms with van der Waals surface area (Å²) >= 11 is 0. The number of ether oxygens (including phenoxy) is 1. The molecule has 0 saturated heterocycles. The van der Waals surface area contributed by atoms with Gasteiger partial charge in [0.2, 0.25) is 10.0 Å². The minimum atomic E-state index is -3.45. The van der Waals surface area contributed by atoms with Gasteiger partial charge in [-0.1, -0.05) is 0 Å². The third-order valence-corrected chi connectivity index (χ3v) is 6.21. The molecule has 144 valence electrons. The van der Waals surface area contributed by atoms with E-state index in [1.165, 1.54) is 4.31 Å². The first-order valence-corrected chi connectivity index (χ1v) is 10.2. The zero-order valence-corrected chi connectivity index (χ0v) is 16.7. The number of nitriles is 1. The van der Waals surface area contributed by atoms with Crippen molar-refractivity contribution in [2.75, 3.05) is 25.5 Å². The highest BCUT2D eigenvalue weighted by atomic mass is 32.2. The van der Waals surface area contributed by atoms with E-state index in [4.69, 9.17) is 10.00 Å². The summed E-state index contributed by atoms with van der Waals surface area (Å²) in [7, 11) is -1.87. The number of anilines is 1. The van der Waals surface area contributed by atoms with Gasteiger partial charge in [0, 0.05) is 25.3 Å². The van der Waals surface area contributed by atoms with Crippen molar-refractivity contribution in [2.24, 2.45) is 0 Å². The van der Waals surface area contributed by atoms with Crippen molar-refractivity contribution in [3.8, 4) is 11.8 Å². The number of hydrogen-bond donors (Lipinski definition) is 1. The van der Waals surface area contributed by atoms with Crippen LogP contribution in [-0.2, 0) is 10.0 Å². The lowest BCUT2D eigenvalue weighted by Crippen LogP contribution is -2.33. The molecule has 2 aromatic carbocycles. The van der Waals surface area contributed by atoms with Gasteiger partial charge in [0.1, 0.15) is 5.75 Å². The second kappa shape index (κ2) is 9.40. The van der Waals surface area contributed by atoms with Gasteiger partial charge in [0.25, 0.3) is 0 Å². The Balaban J connectivity index is 1.79. The summed E-state index contributed by atoms with van der Waals surface area (Å²) in [6.45, 7) is 4.93. The van der Waals surface area contributed by atoms with Crippen LogP contribution in [0.15, 0.2) is 53.4 Å². The average molecular weight is 388 g/mol. The summed E-state index contributed by atoms with van der Waals surface area (Å²) in [4.78, 5) is 0.286. The van der Waals surface area contributed by atoms with E-state index in [0.717, 1.165) is 17.9 Å². The molecule has 0 aliphatic heterocycles. The minimum absolute atomic E-state index is 0.0936. The quantitative estimate of drug-likeness (QED) is 0.666. The first-order valence-electron chi connectivity index (χ1n) is 8.79. The zero-order chi connectivity index (χ0) is 19.9. The van der Waals surface area contributed by atoms with Crippen molar-refractivity contribution in [3.63, 3.8) is 0 Å². The lowest BCUT2D eigenvalue weighted by molar-refractivity contribution is 0.315. The van der Waals surface area contributed by atoms with Crippen LogP contribution < -0.4 is 10.1 Å². The fourth-order valence-electron chi connectivity index (χ4n) is 2.31. The average Bonchev–Trinajstić information content (AvgIpc) is 2.67. The second-order valence-electron chi connectivity index (χ2n) is 6.40. The maximum absolute atomic E-state index is 12.4. The molecule has 0 bridgehead atoms. The van der Waals surface area contributed by atoms with Gasteiger partial charge < -0.3 is 10.1 Å². The van der Waals surface area contributed by atoms with Gasteiger partial charge in [-0.2, -0.15) is 9.57 Å². The molecule has 0 unspecified atom stereocenters. The Hall–Kier alpha value is -2.56. The molecule has 0 aliphatic carbocycles. The summed E-state index contributed by atoms with van der Waals surface area (Å²) in [5, 5.41) is 12.0. The molecular formula is C20H25N3O3S. The smallest absolute Gasteiger partial charge is 0.243 e. The molecule has 0 aromatic heterocycles. The molecule has 2 aromatic rings. The molecule has 0 amide bonds. The highest BCUT2D eigenvalue weighted by Gasteiger charge is 2.22. The number of sulfonamides is 1. The fourth-order valence-corrected chi connectivity index (χ4v) is 3.68. The summed E-state index contributed by atoms with van der Waals surface area (Å²) in [5.74, 6) is 0.734. The molecule has 0 heterocycles. The van der Waals surface area contributed by atoms with Crippen molar-refractivity contribution >= 4 is 15.7 Å². The molecule has 27 heavy (non-hydrogen) atoms. The predicted octanol–water partition coefficient (Wildman–Crippen LogP) is 3.47. The first-order chi connectivity index (χ1) is 12.8. The summed E-state index contributed by atoms with van der Waals surface area (Å²) in [5.41, 5.74) is 1.47. The van der Waals surface area contributed by atoms with Crippen LogP contribution in [0, 0.1) is 11.3 Å². The Morgan fingerprint density at radius 1 is 1.11 bits per heavy atom. The molecule has 2 rings (SSSR count). The molecule has 0 saturated carbocycles. The third kappa shape index (κ3) is 5.71. The van der Waals surface area contributed by atoms with Crippen molar-refractivity contribution < 1.29 is 13.2 Å². The van der Waals surface area contributed by atoms with Gasteiger partial charge >= 0.3 is 0 Å². The van der Waals surface area contributed by atoms with E-state index >= 15 is 0 Å². The highest BCUT2D eigenvalue weighted by Crippen LogP contribution is 2.19. The van der Waals surface area contributed by atoms with Crippen molar-refractivity contribution in [2.45, 2.75) is 31.2 Å². The Morgan fingerprint density at radius 2 is 1.74 bits per heavy atom.